The molecule has 0 amide bonds. The summed E-state index contributed by atoms with van der Waals surface area (Å²) in [6.45, 7) is 0. The van der Waals surface area contributed by atoms with E-state index in [-0.39, 0.29) is 0 Å². The maximum atomic E-state index is 6.10. The van der Waals surface area contributed by atoms with Gasteiger partial charge in [-0.25, -0.2) is 0 Å². The molecule has 0 bridgehead atoms. The summed E-state index contributed by atoms with van der Waals surface area (Å²) in [4.78, 5) is 2.60. The Hall–Kier alpha value is -0.680. The van der Waals surface area contributed by atoms with Crippen LogP contribution >= 0.6 is 22.7 Å². The van der Waals surface area contributed by atoms with Crippen molar-refractivity contribution in [1.82, 2.24) is 0 Å². The zero-order valence-corrected chi connectivity index (χ0v) is 9.12. The van der Waals surface area contributed by atoms with Gasteiger partial charge in [0.15, 0.2) is 0 Å². The molecule has 0 aromatic carbocycles. The van der Waals surface area contributed by atoms with Crippen LogP contribution in [0.25, 0.3) is 9.75 Å². The smallest absolute Gasteiger partial charge is 0.0955 e. The highest BCUT2D eigenvalue weighted by atomic mass is 32.1. The Bertz CT molecular complexity index is 482. The second-order valence-electron chi connectivity index (χ2n) is 3.66. The first-order chi connectivity index (χ1) is 6.68. The largest absolute Gasteiger partial charge is 0.309 e. The average Bonchev–Trinajstić information content (AvgIpc) is 2.66. The lowest BCUT2D eigenvalue weighted by Crippen LogP contribution is -2.49. The standard InChI is InChI=1S/C10H10N2S2/c11-10(12)5-6-1-3-13-8(6)9-7(10)2-4-14-9/h1-4H,5,11-12H2. The first kappa shape index (κ1) is 8.61. The molecule has 2 heterocycles. The molecular weight excluding hydrogens is 212 g/mol. The third-order valence-electron chi connectivity index (χ3n) is 2.60. The first-order valence-corrected chi connectivity index (χ1v) is 6.17. The molecule has 2 aromatic rings. The van der Waals surface area contributed by atoms with Gasteiger partial charge in [0.05, 0.1) is 10.5 Å². The predicted octanol–water partition coefficient (Wildman–Crippen LogP) is 2.10. The van der Waals surface area contributed by atoms with E-state index in [1.165, 1.54) is 15.3 Å². The van der Waals surface area contributed by atoms with E-state index in [2.05, 4.69) is 16.8 Å². The number of fused-ring (bicyclic) bond motifs is 3. The van der Waals surface area contributed by atoms with E-state index in [4.69, 9.17) is 11.5 Å². The van der Waals surface area contributed by atoms with Crippen molar-refractivity contribution in [3.05, 3.63) is 34.0 Å². The number of nitrogens with two attached hydrogens (primary N) is 2. The van der Waals surface area contributed by atoms with Crippen molar-refractivity contribution < 1.29 is 0 Å². The van der Waals surface area contributed by atoms with E-state index >= 15 is 0 Å². The summed E-state index contributed by atoms with van der Waals surface area (Å²) in [5.41, 5.74) is 13.9. The van der Waals surface area contributed by atoms with E-state index in [9.17, 15) is 0 Å². The molecule has 0 fully saturated rings. The Morgan fingerprint density at radius 2 is 1.79 bits per heavy atom. The van der Waals surface area contributed by atoms with Crippen LogP contribution in [0, 0.1) is 0 Å². The zero-order chi connectivity index (χ0) is 9.76. The lowest BCUT2D eigenvalue weighted by Gasteiger charge is -2.29. The summed E-state index contributed by atoms with van der Waals surface area (Å²) in [5.74, 6) is 0. The molecule has 4 heteroatoms. The molecule has 0 unspecified atom stereocenters. The Kier molecular flexibility index (Phi) is 1.64. The summed E-state index contributed by atoms with van der Waals surface area (Å²) in [6, 6.07) is 4.17. The summed E-state index contributed by atoms with van der Waals surface area (Å²) < 4.78 is 0. The summed E-state index contributed by atoms with van der Waals surface area (Å²) in [5, 5.41) is 4.17. The second kappa shape index (κ2) is 2.67. The van der Waals surface area contributed by atoms with Crippen molar-refractivity contribution in [2.45, 2.75) is 12.1 Å². The molecule has 2 aromatic heterocycles. The highest BCUT2D eigenvalue weighted by Gasteiger charge is 2.33. The van der Waals surface area contributed by atoms with E-state index < -0.39 is 5.66 Å². The van der Waals surface area contributed by atoms with Crippen LogP contribution in [0.15, 0.2) is 22.9 Å². The van der Waals surface area contributed by atoms with Gasteiger partial charge in [0, 0.05) is 16.9 Å². The molecule has 0 aliphatic heterocycles. The Morgan fingerprint density at radius 3 is 2.64 bits per heavy atom. The van der Waals surface area contributed by atoms with Crippen LogP contribution in [0.5, 0.6) is 0 Å². The predicted molar refractivity (Wildman–Crippen MR) is 61.4 cm³/mol. The van der Waals surface area contributed by atoms with Crippen LogP contribution in [0.4, 0.5) is 0 Å². The van der Waals surface area contributed by atoms with Gasteiger partial charge in [-0.1, -0.05) is 0 Å². The Labute approximate surface area is 90.2 Å². The highest BCUT2D eigenvalue weighted by Crippen LogP contribution is 2.44. The molecule has 4 N–H and O–H groups in total. The lowest BCUT2D eigenvalue weighted by atomic mass is 9.88. The van der Waals surface area contributed by atoms with Crippen LogP contribution in [-0.4, -0.2) is 0 Å². The molecule has 0 radical (unpaired) electrons. The third-order valence-corrected chi connectivity index (χ3v) is 4.64. The molecule has 1 aliphatic carbocycles. The van der Waals surface area contributed by atoms with Crippen LogP contribution in [0.1, 0.15) is 11.1 Å². The minimum atomic E-state index is -0.677. The molecule has 0 atom stereocenters. The Balaban J connectivity index is 2.32. The first-order valence-electron chi connectivity index (χ1n) is 4.41. The van der Waals surface area contributed by atoms with E-state index in [0.717, 1.165) is 12.0 Å². The van der Waals surface area contributed by atoms with Crippen molar-refractivity contribution in [3.63, 3.8) is 0 Å². The van der Waals surface area contributed by atoms with E-state index in [1.54, 1.807) is 22.7 Å². The molecule has 1 aliphatic rings. The SMILES string of the molecule is NC1(N)Cc2ccsc2-c2sccc21. The van der Waals surface area contributed by atoms with Gasteiger partial charge in [-0.3, -0.25) is 0 Å². The van der Waals surface area contributed by atoms with Gasteiger partial charge in [-0.05, 0) is 28.5 Å². The lowest BCUT2D eigenvalue weighted by molar-refractivity contribution is 0.460. The van der Waals surface area contributed by atoms with E-state index in [1.807, 2.05) is 6.07 Å². The van der Waals surface area contributed by atoms with Gasteiger partial charge in [0.1, 0.15) is 0 Å². The average molecular weight is 222 g/mol. The van der Waals surface area contributed by atoms with Crippen LogP contribution in [-0.2, 0) is 12.1 Å². The number of thiophene rings is 2. The van der Waals surface area contributed by atoms with Crippen molar-refractivity contribution in [1.29, 1.82) is 0 Å². The number of hydrogen-bond acceptors (Lipinski definition) is 4. The van der Waals surface area contributed by atoms with Gasteiger partial charge in [0.25, 0.3) is 0 Å². The maximum Gasteiger partial charge on any atom is 0.0955 e. The van der Waals surface area contributed by atoms with Gasteiger partial charge < -0.3 is 11.5 Å². The monoisotopic (exact) mass is 222 g/mol. The van der Waals surface area contributed by atoms with Crippen LogP contribution in [0.2, 0.25) is 0 Å². The fraction of sp³-hybridized carbons (Fsp3) is 0.200. The number of hydrogen-bond donors (Lipinski definition) is 2. The summed E-state index contributed by atoms with van der Waals surface area (Å²) >= 11 is 3.50. The number of rotatable bonds is 0. The normalized spacial score (nSPS) is 17.6. The van der Waals surface area contributed by atoms with Crippen molar-refractivity contribution in [2.24, 2.45) is 11.5 Å². The summed E-state index contributed by atoms with van der Waals surface area (Å²) in [7, 11) is 0. The molecule has 14 heavy (non-hydrogen) atoms. The van der Waals surface area contributed by atoms with Gasteiger partial charge in [-0.2, -0.15) is 0 Å². The van der Waals surface area contributed by atoms with Crippen molar-refractivity contribution in [3.8, 4) is 9.75 Å². The Morgan fingerprint density at radius 1 is 1.07 bits per heavy atom. The molecule has 0 saturated heterocycles. The quantitative estimate of drug-likeness (QED) is 0.671. The molecule has 0 saturated carbocycles. The molecular formula is C10H10N2S2. The van der Waals surface area contributed by atoms with Crippen molar-refractivity contribution >= 4 is 22.7 Å². The molecule has 0 spiro atoms. The second-order valence-corrected chi connectivity index (χ2v) is 5.49. The van der Waals surface area contributed by atoms with Gasteiger partial charge in [0.2, 0.25) is 0 Å². The molecule has 72 valence electrons. The molecule has 3 rings (SSSR count). The minimum absolute atomic E-state index is 0.677. The third kappa shape index (κ3) is 1.02. The van der Waals surface area contributed by atoms with Crippen LogP contribution in [0.3, 0.4) is 0 Å². The van der Waals surface area contributed by atoms with Gasteiger partial charge >= 0.3 is 0 Å². The highest BCUT2D eigenvalue weighted by molar-refractivity contribution is 7.20. The zero-order valence-electron chi connectivity index (χ0n) is 7.49. The maximum absolute atomic E-state index is 6.10. The summed E-state index contributed by atoms with van der Waals surface area (Å²) in [6.07, 6.45) is 0.746. The minimum Gasteiger partial charge on any atom is -0.309 e. The topological polar surface area (TPSA) is 52.0 Å². The van der Waals surface area contributed by atoms with E-state index in [0.29, 0.717) is 0 Å². The molecule has 2 nitrogen and oxygen atoms in total. The van der Waals surface area contributed by atoms with Crippen molar-refractivity contribution in [2.75, 3.05) is 0 Å². The fourth-order valence-corrected chi connectivity index (χ4v) is 4.07. The fourth-order valence-electron chi connectivity index (χ4n) is 1.94. The van der Waals surface area contributed by atoms with Gasteiger partial charge in [-0.15, -0.1) is 22.7 Å². The van der Waals surface area contributed by atoms with Crippen LogP contribution < -0.4 is 11.5 Å².